The van der Waals surface area contributed by atoms with E-state index in [1.165, 1.54) is 25.3 Å². The third kappa shape index (κ3) is 4.58. The maximum atomic E-state index is 10.7. The van der Waals surface area contributed by atoms with Gasteiger partial charge in [0.1, 0.15) is 5.82 Å². The first kappa shape index (κ1) is 11.2. The van der Waals surface area contributed by atoms with Crippen LogP contribution < -0.4 is 10.7 Å². The molecule has 0 saturated carbocycles. The van der Waals surface area contributed by atoms with E-state index in [4.69, 9.17) is 0 Å². The molecule has 4 nitrogen and oxygen atoms in total. The summed E-state index contributed by atoms with van der Waals surface area (Å²) in [5.74, 6) is 0.219. The Balaban J connectivity index is 0.000000671. The molecule has 0 aliphatic rings. The number of hydrogen-bond donors (Lipinski definition) is 2. The smallest absolute Gasteiger partial charge is 0.222 e. The highest BCUT2D eigenvalue weighted by Crippen LogP contribution is 1.94. The highest BCUT2D eigenvalue weighted by atomic mass is 16.1. The van der Waals surface area contributed by atoms with Gasteiger partial charge in [-0.15, -0.1) is 13.2 Å². The minimum Gasteiger partial charge on any atom is -0.348 e. The lowest BCUT2D eigenvalue weighted by Gasteiger charge is -1.98. The number of aromatic nitrogens is 1. The zero-order chi connectivity index (χ0) is 10.3. The molecule has 0 aliphatic carbocycles. The predicted molar refractivity (Wildman–Crippen MR) is 52.6 cm³/mol. The van der Waals surface area contributed by atoms with Crippen molar-refractivity contribution in [2.45, 2.75) is 6.92 Å². The molecule has 1 heterocycles. The van der Waals surface area contributed by atoms with Gasteiger partial charge < -0.3 is 10.3 Å². The third-order valence-electron chi connectivity index (χ3n) is 1.08. The second-order valence-corrected chi connectivity index (χ2v) is 2.12. The van der Waals surface area contributed by atoms with Crippen LogP contribution in [0, 0.1) is 0 Å². The van der Waals surface area contributed by atoms with Gasteiger partial charge in [0.15, 0.2) is 5.43 Å². The summed E-state index contributed by atoms with van der Waals surface area (Å²) < 4.78 is 0. The van der Waals surface area contributed by atoms with E-state index in [1.807, 2.05) is 0 Å². The molecule has 1 aromatic rings. The molecule has 0 radical (unpaired) electrons. The lowest BCUT2D eigenvalue weighted by Crippen LogP contribution is -2.09. The molecule has 0 spiro atoms. The molecule has 0 unspecified atom stereocenters. The summed E-state index contributed by atoms with van der Waals surface area (Å²) >= 11 is 0. The molecular formula is C9H12N2O2. The summed E-state index contributed by atoms with van der Waals surface area (Å²) in [6.07, 6.45) is 1.48. The van der Waals surface area contributed by atoms with Crippen LogP contribution in [0.5, 0.6) is 0 Å². The van der Waals surface area contributed by atoms with E-state index in [0.29, 0.717) is 5.82 Å². The molecule has 13 heavy (non-hydrogen) atoms. The van der Waals surface area contributed by atoms with Crippen LogP contribution in [0.2, 0.25) is 0 Å². The first-order chi connectivity index (χ1) is 6.18. The fourth-order valence-electron chi connectivity index (χ4n) is 0.707. The van der Waals surface area contributed by atoms with Crippen LogP contribution in [0.15, 0.2) is 36.3 Å². The van der Waals surface area contributed by atoms with E-state index in [2.05, 4.69) is 23.5 Å². The lowest BCUT2D eigenvalue weighted by molar-refractivity contribution is -0.114. The molecule has 0 aromatic carbocycles. The first-order valence-corrected chi connectivity index (χ1v) is 3.65. The van der Waals surface area contributed by atoms with Gasteiger partial charge in [0.25, 0.3) is 0 Å². The van der Waals surface area contributed by atoms with E-state index in [-0.39, 0.29) is 11.3 Å². The van der Waals surface area contributed by atoms with Gasteiger partial charge in [-0.3, -0.25) is 9.59 Å². The van der Waals surface area contributed by atoms with Crippen LogP contribution >= 0.6 is 0 Å². The number of carbonyl (C=O) groups excluding carboxylic acids is 1. The monoisotopic (exact) mass is 180 g/mol. The molecule has 1 rings (SSSR count). The van der Waals surface area contributed by atoms with Crippen molar-refractivity contribution in [2.75, 3.05) is 5.32 Å². The minimum absolute atomic E-state index is 0.132. The summed E-state index contributed by atoms with van der Waals surface area (Å²) in [5, 5.41) is 2.45. The van der Waals surface area contributed by atoms with Crippen LogP contribution in [-0.2, 0) is 4.79 Å². The van der Waals surface area contributed by atoms with Crippen molar-refractivity contribution >= 4 is 11.7 Å². The first-order valence-electron chi connectivity index (χ1n) is 3.65. The van der Waals surface area contributed by atoms with Gasteiger partial charge in [-0.2, -0.15) is 0 Å². The van der Waals surface area contributed by atoms with Crippen molar-refractivity contribution in [3.63, 3.8) is 0 Å². The Bertz CT molecular complexity index is 330. The van der Waals surface area contributed by atoms with Gasteiger partial charge in [-0.1, -0.05) is 0 Å². The van der Waals surface area contributed by atoms with Gasteiger partial charge in [0.2, 0.25) is 5.91 Å². The van der Waals surface area contributed by atoms with Gasteiger partial charge in [-0.05, 0) is 0 Å². The average Bonchev–Trinajstić information content (AvgIpc) is 2.06. The SMILES string of the molecule is C=C.CC(=O)Nc1cc(=O)cc[nH]1. The van der Waals surface area contributed by atoms with Crippen LogP contribution in [0.3, 0.4) is 0 Å². The molecule has 0 aliphatic heterocycles. The number of H-pyrrole nitrogens is 1. The second kappa shape index (κ2) is 5.77. The Morgan fingerprint density at radius 1 is 1.54 bits per heavy atom. The molecule has 1 aromatic heterocycles. The number of anilines is 1. The maximum Gasteiger partial charge on any atom is 0.222 e. The van der Waals surface area contributed by atoms with E-state index < -0.39 is 0 Å². The largest absolute Gasteiger partial charge is 0.348 e. The quantitative estimate of drug-likeness (QED) is 0.636. The molecule has 0 atom stereocenters. The van der Waals surface area contributed by atoms with Crippen LogP contribution in [0.25, 0.3) is 0 Å². The number of pyridine rings is 1. The summed E-state index contributed by atoms with van der Waals surface area (Å²) in [6.45, 7) is 7.38. The highest BCUT2D eigenvalue weighted by molar-refractivity contribution is 5.87. The molecular weight excluding hydrogens is 168 g/mol. The molecule has 0 bridgehead atoms. The van der Waals surface area contributed by atoms with Crippen LogP contribution in [-0.4, -0.2) is 10.9 Å². The Morgan fingerprint density at radius 3 is 2.62 bits per heavy atom. The number of carbonyl (C=O) groups is 1. The summed E-state index contributed by atoms with van der Waals surface area (Å²) in [4.78, 5) is 23.9. The van der Waals surface area contributed by atoms with E-state index in [1.54, 1.807) is 0 Å². The molecule has 0 saturated heterocycles. The minimum atomic E-state index is -0.202. The van der Waals surface area contributed by atoms with Crippen molar-refractivity contribution in [3.05, 3.63) is 41.7 Å². The standard InChI is InChI=1S/C7H8N2O2.C2H4/c1-5(10)9-7-4-6(11)2-3-8-7;1-2/h2-4H,1H3,(H2,8,9,10,11);1-2H2. The van der Waals surface area contributed by atoms with E-state index in [0.717, 1.165) is 0 Å². The third-order valence-corrected chi connectivity index (χ3v) is 1.08. The Kier molecular flexibility index (Phi) is 4.95. The van der Waals surface area contributed by atoms with Crippen LogP contribution in [0.4, 0.5) is 5.82 Å². The Labute approximate surface area is 76.3 Å². The number of amides is 1. The van der Waals surface area contributed by atoms with Crippen molar-refractivity contribution in [3.8, 4) is 0 Å². The van der Waals surface area contributed by atoms with Gasteiger partial charge in [-0.25, -0.2) is 0 Å². The number of hydrogen-bond acceptors (Lipinski definition) is 2. The Morgan fingerprint density at radius 2 is 2.15 bits per heavy atom. The zero-order valence-corrected chi connectivity index (χ0v) is 7.46. The maximum absolute atomic E-state index is 10.7. The molecule has 4 heteroatoms. The Hall–Kier alpha value is -1.84. The zero-order valence-electron chi connectivity index (χ0n) is 7.46. The van der Waals surface area contributed by atoms with Crippen molar-refractivity contribution in [1.29, 1.82) is 0 Å². The van der Waals surface area contributed by atoms with E-state index >= 15 is 0 Å². The molecule has 70 valence electrons. The second-order valence-electron chi connectivity index (χ2n) is 2.12. The van der Waals surface area contributed by atoms with Gasteiger partial charge >= 0.3 is 0 Å². The van der Waals surface area contributed by atoms with Crippen LogP contribution in [0.1, 0.15) is 6.92 Å². The number of aromatic amines is 1. The average molecular weight is 180 g/mol. The van der Waals surface area contributed by atoms with E-state index in [9.17, 15) is 9.59 Å². The summed E-state index contributed by atoms with van der Waals surface area (Å²) in [5.41, 5.74) is -0.132. The van der Waals surface area contributed by atoms with Crippen molar-refractivity contribution in [1.82, 2.24) is 4.98 Å². The number of rotatable bonds is 1. The summed E-state index contributed by atoms with van der Waals surface area (Å²) in [6, 6.07) is 2.70. The normalized spacial score (nSPS) is 8.08. The van der Waals surface area contributed by atoms with Gasteiger partial charge in [0.05, 0.1) is 0 Å². The van der Waals surface area contributed by atoms with Crippen molar-refractivity contribution in [2.24, 2.45) is 0 Å². The fourth-order valence-corrected chi connectivity index (χ4v) is 0.707. The molecule has 2 N–H and O–H groups in total. The predicted octanol–water partition coefficient (Wildman–Crippen LogP) is 1.14. The highest BCUT2D eigenvalue weighted by Gasteiger charge is 1.93. The summed E-state index contributed by atoms with van der Waals surface area (Å²) in [7, 11) is 0. The lowest BCUT2D eigenvalue weighted by atomic mass is 10.4. The fraction of sp³-hybridized carbons (Fsp3) is 0.111. The molecule has 1 amide bonds. The number of nitrogens with one attached hydrogen (secondary N) is 2. The topological polar surface area (TPSA) is 62.0 Å². The molecule has 0 fully saturated rings. The van der Waals surface area contributed by atoms with Crippen molar-refractivity contribution < 1.29 is 4.79 Å². The van der Waals surface area contributed by atoms with Gasteiger partial charge in [0, 0.05) is 25.3 Å².